The zero-order valence-corrected chi connectivity index (χ0v) is 13.4. The average molecular weight is 290 g/mol. The maximum absolute atomic E-state index is 12.6. The Labute approximate surface area is 131 Å². The van der Waals surface area contributed by atoms with Gasteiger partial charge in [0.05, 0.1) is 5.56 Å². The van der Waals surface area contributed by atoms with E-state index in [0.717, 1.165) is 22.1 Å². The van der Waals surface area contributed by atoms with Gasteiger partial charge in [-0.2, -0.15) is 0 Å². The minimum atomic E-state index is -0.0681. The van der Waals surface area contributed by atoms with Crippen LogP contribution < -0.4 is 10.8 Å². The number of aryl methyl sites for hydroxylation is 3. The van der Waals surface area contributed by atoms with Crippen molar-refractivity contribution in [3.05, 3.63) is 59.3 Å². The fourth-order valence-corrected chi connectivity index (χ4v) is 2.82. The molecule has 0 fully saturated rings. The highest BCUT2D eigenvalue weighted by molar-refractivity contribution is 6.36. The highest BCUT2D eigenvalue weighted by Gasteiger charge is 2.14. The molecule has 3 aromatic rings. The first-order chi connectivity index (χ1) is 10.5. The van der Waals surface area contributed by atoms with Crippen LogP contribution in [0, 0.1) is 13.8 Å². The van der Waals surface area contributed by atoms with E-state index in [1.165, 1.54) is 11.1 Å². The third kappa shape index (κ3) is 2.52. The van der Waals surface area contributed by atoms with E-state index in [4.69, 9.17) is 0 Å². The molecule has 1 N–H and O–H groups in total. The smallest absolute Gasteiger partial charge is 0.257 e. The summed E-state index contributed by atoms with van der Waals surface area (Å²) in [6, 6.07) is 12.2. The number of aromatic nitrogens is 1. The number of nitrogens with one attached hydrogen (secondary N) is 1. The van der Waals surface area contributed by atoms with Crippen LogP contribution in [0.1, 0.15) is 21.5 Å². The summed E-state index contributed by atoms with van der Waals surface area (Å²) >= 11 is 0. The second-order valence-corrected chi connectivity index (χ2v) is 5.95. The number of fused-ring (bicyclic) bond motifs is 1. The maximum Gasteiger partial charge on any atom is 0.257 e. The minimum absolute atomic E-state index is 0.0681. The zero-order chi connectivity index (χ0) is 15.9. The molecule has 0 saturated carbocycles. The van der Waals surface area contributed by atoms with Crippen molar-refractivity contribution >= 4 is 35.8 Å². The Morgan fingerprint density at radius 1 is 1.09 bits per heavy atom. The van der Waals surface area contributed by atoms with E-state index in [2.05, 4.69) is 24.4 Å². The van der Waals surface area contributed by atoms with Gasteiger partial charge >= 0.3 is 0 Å². The van der Waals surface area contributed by atoms with Crippen molar-refractivity contribution in [3.8, 4) is 0 Å². The molecule has 0 bridgehead atoms. The third-order valence-corrected chi connectivity index (χ3v) is 4.02. The Kier molecular flexibility index (Phi) is 3.53. The first kappa shape index (κ1) is 14.5. The van der Waals surface area contributed by atoms with Gasteiger partial charge < -0.3 is 9.88 Å². The number of carbonyl (C=O) groups is 1. The van der Waals surface area contributed by atoms with Gasteiger partial charge in [-0.05, 0) is 31.5 Å². The molecule has 22 heavy (non-hydrogen) atoms. The largest absolute Gasteiger partial charge is 0.350 e. The summed E-state index contributed by atoms with van der Waals surface area (Å²) in [6.07, 6.45) is 1.89. The van der Waals surface area contributed by atoms with Crippen LogP contribution in [0.5, 0.6) is 0 Å². The van der Waals surface area contributed by atoms with Crippen LogP contribution in [0.2, 0.25) is 0 Å². The lowest BCUT2D eigenvalue weighted by atomic mass is 9.92. The van der Waals surface area contributed by atoms with Crippen molar-refractivity contribution in [3.63, 3.8) is 0 Å². The van der Waals surface area contributed by atoms with Crippen molar-refractivity contribution in [2.75, 3.05) is 5.32 Å². The molecule has 3 nitrogen and oxygen atoms in total. The molecule has 3 rings (SSSR count). The summed E-state index contributed by atoms with van der Waals surface area (Å²) in [5.74, 6) is -0.0681. The topological polar surface area (TPSA) is 34.0 Å². The lowest BCUT2D eigenvalue weighted by Gasteiger charge is -2.09. The molecular formula is C18H19BN2O. The third-order valence-electron chi connectivity index (χ3n) is 4.02. The summed E-state index contributed by atoms with van der Waals surface area (Å²) < 4.78 is 2.00. The van der Waals surface area contributed by atoms with Crippen LogP contribution in [0.15, 0.2) is 42.6 Å². The molecule has 0 atom stereocenters. The molecule has 1 aromatic heterocycles. The van der Waals surface area contributed by atoms with Crippen LogP contribution in [-0.4, -0.2) is 18.3 Å². The van der Waals surface area contributed by atoms with Crippen molar-refractivity contribution in [1.82, 2.24) is 4.57 Å². The highest BCUT2D eigenvalue weighted by Crippen LogP contribution is 2.22. The van der Waals surface area contributed by atoms with E-state index in [1.807, 2.05) is 56.8 Å². The quantitative estimate of drug-likeness (QED) is 0.722. The van der Waals surface area contributed by atoms with Crippen LogP contribution in [-0.2, 0) is 7.05 Å². The number of hydrogen-bond acceptors (Lipinski definition) is 1. The van der Waals surface area contributed by atoms with Gasteiger partial charge in [0.15, 0.2) is 0 Å². The standard InChI is InChI=1S/C18H19BN2O/c1-11-5-7-16(15(19)8-11)20-18(22)14-10-21(3)17-9-12(2)4-6-13(14)17/h4-10H,19H2,1-3H3,(H,20,22). The molecule has 1 amide bonds. The van der Waals surface area contributed by atoms with Gasteiger partial charge in [-0.1, -0.05) is 35.3 Å². The van der Waals surface area contributed by atoms with E-state index in [1.54, 1.807) is 0 Å². The Morgan fingerprint density at radius 2 is 1.77 bits per heavy atom. The molecule has 110 valence electrons. The van der Waals surface area contributed by atoms with Crippen LogP contribution in [0.3, 0.4) is 0 Å². The first-order valence-electron chi connectivity index (χ1n) is 7.40. The summed E-state index contributed by atoms with van der Waals surface area (Å²) in [7, 11) is 3.98. The summed E-state index contributed by atoms with van der Waals surface area (Å²) in [5.41, 5.74) is 6.10. The van der Waals surface area contributed by atoms with Gasteiger partial charge in [0.25, 0.3) is 5.91 Å². The minimum Gasteiger partial charge on any atom is -0.350 e. The molecule has 0 aliphatic carbocycles. The predicted molar refractivity (Wildman–Crippen MR) is 95.0 cm³/mol. The molecule has 0 aliphatic rings. The van der Waals surface area contributed by atoms with Crippen LogP contribution >= 0.6 is 0 Å². The molecule has 1 heterocycles. The molecule has 2 aromatic carbocycles. The number of benzene rings is 2. The summed E-state index contributed by atoms with van der Waals surface area (Å²) in [5, 5.41) is 4.00. The Balaban J connectivity index is 1.99. The van der Waals surface area contributed by atoms with E-state index in [0.29, 0.717) is 5.56 Å². The van der Waals surface area contributed by atoms with Gasteiger partial charge in [-0.25, -0.2) is 0 Å². The Bertz CT molecular complexity index is 880. The van der Waals surface area contributed by atoms with Crippen molar-refractivity contribution < 1.29 is 4.79 Å². The monoisotopic (exact) mass is 290 g/mol. The van der Waals surface area contributed by atoms with E-state index in [9.17, 15) is 4.79 Å². The molecule has 0 unspecified atom stereocenters. The van der Waals surface area contributed by atoms with E-state index in [-0.39, 0.29) is 5.91 Å². The molecule has 0 radical (unpaired) electrons. The Hall–Kier alpha value is -2.49. The normalized spacial score (nSPS) is 10.9. The average Bonchev–Trinajstić information content (AvgIpc) is 2.79. The molecule has 0 aliphatic heterocycles. The van der Waals surface area contributed by atoms with Gasteiger partial charge in [-0.3, -0.25) is 4.79 Å². The van der Waals surface area contributed by atoms with Gasteiger partial charge in [-0.15, -0.1) is 0 Å². The molecule has 0 spiro atoms. The van der Waals surface area contributed by atoms with Gasteiger partial charge in [0.1, 0.15) is 7.85 Å². The number of amides is 1. The number of carbonyl (C=O) groups excluding carboxylic acids is 1. The zero-order valence-electron chi connectivity index (χ0n) is 13.4. The number of rotatable bonds is 2. The predicted octanol–water partition coefficient (Wildman–Crippen LogP) is 2.31. The highest BCUT2D eigenvalue weighted by atomic mass is 16.1. The van der Waals surface area contributed by atoms with Gasteiger partial charge in [0, 0.05) is 29.8 Å². The van der Waals surface area contributed by atoms with Crippen LogP contribution in [0.25, 0.3) is 10.9 Å². The first-order valence-corrected chi connectivity index (χ1v) is 7.40. The lowest BCUT2D eigenvalue weighted by Crippen LogP contribution is -2.18. The molecular weight excluding hydrogens is 271 g/mol. The lowest BCUT2D eigenvalue weighted by molar-refractivity contribution is 0.102. The fourth-order valence-electron chi connectivity index (χ4n) is 2.82. The molecule has 4 heteroatoms. The van der Waals surface area contributed by atoms with E-state index < -0.39 is 0 Å². The van der Waals surface area contributed by atoms with Crippen LogP contribution in [0.4, 0.5) is 5.69 Å². The Morgan fingerprint density at radius 3 is 2.50 bits per heavy atom. The van der Waals surface area contributed by atoms with Gasteiger partial charge in [0.2, 0.25) is 0 Å². The number of nitrogens with zero attached hydrogens (tertiary/aromatic N) is 1. The number of anilines is 1. The summed E-state index contributed by atoms with van der Waals surface area (Å²) in [4.78, 5) is 12.6. The van der Waals surface area contributed by atoms with Crippen molar-refractivity contribution in [2.45, 2.75) is 13.8 Å². The SMILES string of the molecule is Bc1cc(C)ccc1NC(=O)c1cn(C)c2cc(C)ccc12. The number of hydrogen-bond donors (Lipinski definition) is 1. The second kappa shape index (κ2) is 5.37. The summed E-state index contributed by atoms with van der Waals surface area (Å²) in [6.45, 7) is 4.10. The van der Waals surface area contributed by atoms with Crippen molar-refractivity contribution in [1.29, 1.82) is 0 Å². The molecule has 0 saturated heterocycles. The second-order valence-electron chi connectivity index (χ2n) is 5.95. The fraction of sp³-hybridized carbons (Fsp3) is 0.167. The van der Waals surface area contributed by atoms with Crippen molar-refractivity contribution in [2.24, 2.45) is 7.05 Å². The van der Waals surface area contributed by atoms with E-state index >= 15 is 0 Å². The maximum atomic E-state index is 12.6.